The maximum atomic E-state index is 14.0. The van der Waals surface area contributed by atoms with Gasteiger partial charge in [0.05, 0.1) is 16.8 Å². The average molecular weight is 567 g/mol. The highest BCUT2D eigenvalue weighted by molar-refractivity contribution is 6.21. The van der Waals surface area contributed by atoms with Crippen molar-refractivity contribution in [3.05, 3.63) is 102 Å². The molecule has 0 fully saturated rings. The Labute approximate surface area is 242 Å². The minimum Gasteiger partial charge on any atom is -0.427 e. The van der Waals surface area contributed by atoms with Crippen LogP contribution in [0.1, 0.15) is 42.4 Å². The number of aromatic nitrogens is 1. The van der Waals surface area contributed by atoms with Gasteiger partial charge in [-0.05, 0) is 39.0 Å². The molecule has 1 unspecified atom stereocenters. The quantitative estimate of drug-likeness (QED) is 0.255. The van der Waals surface area contributed by atoms with E-state index in [0.717, 1.165) is 16.5 Å². The lowest BCUT2D eigenvalue weighted by molar-refractivity contribution is -0.172. The van der Waals surface area contributed by atoms with E-state index >= 15 is 0 Å². The summed E-state index contributed by atoms with van der Waals surface area (Å²) in [5, 5.41) is 3.57. The van der Waals surface area contributed by atoms with Gasteiger partial charge in [-0.25, -0.2) is 4.99 Å². The Morgan fingerprint density at radius 2 is 1.62 bits per heavy atom. The van der Waals surface area contributed by atoms with Crippen molar-refractivity contribution in [1.29, 1.82) is 0 Å². The number of ether oxygens (including phenoxy) is 2. The van der Waals surface area contributed by atoms with Gasteiger partial charge in [-0.15, -0.1) is 0 Å². The van der Waals surface area contributed by atoms with Crippen LogP contribution in [-0.4, -0.2) is 54.0 Å². The van der Waals surface area contributed by atoms with Gasteiger partial charge in [0.15, 0.2) is 0 Å². The van der Waals surface area contributed by atoms with Crippen molar-refractivity contribution in [1.82, 2.24) is 10.3 Å². The highest BCUT2D eigenvalue weighted by atomic mass is 16.7. The Balaban J connectivity index is 1.46. The molecule has 0 spiro atoms. The molecule has 1 aliphatic rings. The van der Waals surface area contributed by atoms with Gasteiger partial charge in [0.2, 0.25) is 13.0 Å². The Morgan fingerprint density at radius 3 is 2.36 bits per heavy atom. The van der Waals surface area contributed by atoms with Crippen LogP contribution >= 0.6 is 0 Å². The Kier molecular flexibility index (Phi) is 7.88. The zero-order valence-corrected chi connectivity index (χ0v) is 23.4. The number of amides is 2. The minimum absolute atomic E-state index is 0.258. The SMILES string of the molecule is CC(C)(C)C(=O)OCOC(=O)CN1C(=O)C(NC(=O)c2cc3ccccc3[nH]2)N=C(c2ccccc2)c2ccccc21. The van der Waals surface area contributed by atoms with E-state index in [2.05, 4.69) is 10.3 Å². The molecular weight excluding hydrogens is 536 g/mol. The third kappa shape index (κ3) is 6.07. The molecule has 3 aromatic carbocycles. The molecule has 0 saturated carbocycles. The van der Waals surface area contributed by atoms with Gasteiger partial charge in [0.25, 0.3) is 11.8 Å². The van der Waals surface area contributed by atoms with E-state index in [9.17, 15) is 19.2 Å². The Hall–Kier alpha value is -5.25. The third-order valence-electron chi connectivity index (χ3n) is 6.61. The maximum absolute atomic E-state index is 14.0. The fraction of sp³-hybridized carbons (Fsp3) is 0.219. The van der Waals surface area contributed by atoms with Crippen molar-refractivity contribution in [3.63, 3.8) is 0 Å². The second-order valence-electron chi connectivity index (χ2n) is 10.7. The van der Waals surface area contributed by atoms with Crippen LogP contribution in [0, 0.1) is 5.41 Å². The zero-order valence-electron chi connectivity index (χ0n) is 23.4. The van der Waals surface area contributed by atoms with Crippen LogP contribution in [0.25, 0.3) is 10.9 Å². The number of aliphatic imine (C=N–C) groups is 1. The van der Waals surface area contributed by atoms with Gasteiger partial charge in [-0.1, -0.05) is 66.7 Å². The summed E-state index contributed by atoms with van der Waals surface area (Å²) in [4.78, 5) is 61.2. The van der Waals surface area contributed by atoms with Crippen molar-refractivity contribution < 1.29 is 28.7 Å². The minimum atomic E-state index is -1.36. The molecule has 42 heavy (non-hydrogen) atoms. The van der Waals surface area contributed by atoms with Crippen molar-refractivity contribution in [2.75, 3.05) is 18.2 Å². The van der Waals surface area contributed by atoms with Gasteiger partial charge in [0, 0.05) is 22.0 Å². The molecule has 1 atom stereocenters. The summed E-state index contributed by atoms with van der Waals surface area (Å²) in [6, 6.07) is 25.4. The van der Waals surface area contributed by atoms with E-state index in [1.807, 2.05) is 54.6 Å². The van der Waals surface area contributed by atoms with Crippen molar-refractivity contribution in [2.45, 2.75) is 26.9 Å². The summed E-state index contributed by atoms with van der Waals surface area (Å²) in [6.45, 7) is 3.94. The molecule has 214 valence electrons. The molecule has 10 nitrogen and oxygen atoms in total. The van der Waals surface area contributed by atoms with Gasteiger partial charge >= 0.3 is 11.9 Å². The molecule has 0 saturated heterocycles. The summed E-state index contributed by atoms with van der Waals surface area (Å²) in [7, 11) is 0. The van der Waals surface area contributed by atoms with Crippen LogP contribution < -0.4 is 10.2 Å². The molecule has 2 amide bonds. The van der Waals surface area contributed by atoms with E-state index in [4.69, 9.17) is 14.5 Å². The molecule has 0 bridgehead atoms. The van der Waals surface area contributed by atoms with Crippen LogP contribution in [0.15, 0.2) is 89.9 Å². The normalized spacial score (nSPS) is 14.9. The van der Waals surface area contributed by atoms with E-state index in [-0.39, 0.29) is 5.69 Å². The number of H-pyrrole nitrogens is 1. The highest BCUT2D eigenvalue weighted by Crippen LogP contribution is 2.28. The van der Waals surface area contributed by atoms with Crippen LogP contribution in [0.4, 0.5) is 5.69 Å². The highest BCUT2D eigenvalue weighted by Gasteiger charge is 2.35. The number of carbonyl (C=O) groups is 4. The number of aromatic amines is 1. The summed E-state index contributed by atoms with van der Waals surface area (Å²) in [5.41, 5.74) is 2.45. The van der Waals surface area contributed by atoms with Crippen LogP contribution in [-0.2, 0) is 23.9 Å². The first-order chi connectivity index (χ1) is 20.1. The number of hydrogen-bond acceptors (Lipinski definition) is 7. The van der Waals surface area contributed by atoms with Crippen LogP contribution in [0.2, 0.25) is 0 Å². The number of rotatable bonds is 7. The summed E-state index contributed by atoms with van der Waals surface area (Å²) >= 11 is 0. The third-order valence-corrected chi connectivity index (χ3v) is 6.61. The summed E-state index contributed by atoms with van der Waals surface area (Å²) < 4.78 is 10.2. The molecule has 0 aliphatic carbocycles. The topological polar surface area (TPSA) is 130 Å². The van der Waals surface area contributed by atoms with E-state index in [1.54, 1.807) is 51.1 Å². The standard InChI is InChI=1S/C32H30N4O6/c1-32(2,3)31(40)42-19-41-26(37)18-36-25-16-10-8-14-22(25)27(20-11-5-4-6-12-20)34-28(30(36)39)35-29(38)24-17-21-13-7-9-15-23(21)33-24/h4-17,28,33H,18-19H2,1-3H3,(H,35,38). The lowest BCUT2D eigenvalue weighted by atomic mass is 9.98. The average Bonchev–Trinajstić information content (AvgIpc) is 3.38. The van der Waals surface area contributed by atoms with Gasteiger partial charge in [-0.3, -0.25) is 24.1 Å². The number of nitrogens with zero attached hydrogens (tertiary/aromatic N) is 2. The second kappa shape index (κ2) is 11.7. The van der Waals surface area contributed by atoms with E-state index in [1.165, 1.54) is 4.90 Å². The molecule has 4 aromatic rings. The number of benzene rings is 3. The van der Waals surface area contributed by atoms with Crippen LogP contribution in [0.3, 0.4) is 0 Å². The maximum Gasteiger partial charge on any atom is 0.328 e. The first-order valence-electron chi connectivity index (χ1n) is 13.4. The number of hydrogen-bond donors (Lipinski definition) is 2. The molecular formula is C32H30N4O6. The molecule has 2 N–H and O–H groups in total. The fourth-order valence-corrected chi connectivity index (χ4v) is 4.45. The predicted octanol–water partition coefficient (Wildman–Crippen LogP) is 4.20. The number of carbonyl (C=O) groups excluding carboxylic acids is 4. The lowest BCUT2D eigenvalue weighted by Gasteiger charge is -2.24. The van der Waals surface area contributed by atoms with Gasteiger partial charge < -0.3 is 19.8 Å². The summed E-state index contributed by atoms with van der Waals surface area (Å²) in [5.74, 6) is -2.51. The summed E-state index contributed by atoms with van der Waals surface area (Å²) in [6.07, 6.45) is -1.36. The molecule has 1 aromatic heterocycles. The Morgan fingerprint density at radius 1 is 0.929 bits per heavy atom. The number of nitrogens with one attached hydrogen (secondary N) is 2. The number of benzodiazepines with no additional fused rings is 1. The van der Waals surface area contributed by atoms with Crippen LogP contribution in [0.5, 0.6) is 0 Å². The molecule has 2 heterocycles. The van der Waals surface area contributed by atoms with Gasteiger partial charge in [0.1, 0.15) is 12.2 Å². The first kappa shape index (κ1) is 28.3. The monoisotopic (exact) mass is 566 g/mol. The number of esters is 2. The molecule has 5 rings (SSSR count). The zero-order chi connectivity index (χ0) is 29.9. The molecule has 10 heteroatoms. The fourth-order valence-electron chi connectivity index (χ4n) is 4.45. The molecule has 0 radical (unpaired) electrons. The lowest BCUT2D eigenvalue weighted by Crippen LogP contribution is -2.49. The number of fused-ring (bicyclic) bond motifs is 2. The number of anilines is 1. The number of para-hydroxylation sites is 2. The predicted molar refractivity (Wildman–Crippen MR) is 157 cm³/mol. The van der Waals surface area contributed by atoms with Crippen molar-refractivity contribution in [2.24, 2.45) is 10.4 Å². The molecule has 1 aliphatic heterocycles. The first-order valence-corrected chi connectivity index (χ1v) is 13.4. The smallest absolute Gasteiger partial charge is 0.328 e. The van der Waals surface area contributed by atoms with Gasteiger partial charge in [-0.2, -0.15) is 0 Å². The largest absolute Gasteiger partial charge is 0.427 e. The second-order valence-corrected chi connectivity index (χ2v) is 10.7. The van der Waals surface area contributed by atoms with Crippen molar-refractivity contribution in [3.8, 4) is 0 Å². The van der Waals surface area contributed by atoms with E-state index < -0.39 is 48.7 Å². The van der Waals surface area contributed by atoms with E-state index in [0.29, 0.717) is 17.0 Å². The van der Waals surface area contributed by atoms with Crippen molar-refractivity contribution >= 4 is 46.1 Å². The Bertz CT molecular complexity index is 1650.